The quantitative estimate of drug-likeness (QED) is 0.0854. The number of hydrogen-bond donors (Lipinski definition) is 2. The average molecular weight is 727 g/mol. The highest BCUT2D eigenvalue weighted by atomic mass is 33.1. The lowest BCUT2D eigenvalue weighted by Crippen LogP contribution is -2.51. The zero-order valence-electron chi connectivity index (χ0n) is 27.0. The molecular formula is C33H43FN2O9S3. The lowest BCUT2D eigenvalue weighted by Gasteiger charge is -2.36. The molecule has 1 aliphatic rings. The van der Waals surface area contributed by atoms with Crippen molar-refractivity contribution in [2.75, 3.05) is 51.8 Å². The molecule has 5 atom stereocenters. The van der Waals surface area contributed by atoms with Crippen molar-refractivity contribution in [2.24, 2.45) is 0 Å². The van der Waals surface area contributed by atoms with Crippen LogP contribution in [0.2, 0.25) is 0 Å². The summed E-state index contributed by atoms with van der Waals surface area (Å²) in [5.41, 5.74) is 0. The number of carbonyl (C=O) groups is 2. The molecule has 3 aromatic rings. The number of amides is 2. The third-order valence-electron chi connectivity index (χ3n) is 7.46. The molecule has 264 valence electrons. The molecule has 1 fully saturated rings. The highest BCUT2D eigenvalue weighted by molar-refractivity contribution is 8.76. The lowest BCUT2D eigenvalue weighted by molar-refractivity contribution is -0.236. The standard InChI is InChI=1S/C33H43FN2O9S3/c1-3-14-36(33(40)45-30-19-25(37)31(38)28(20-34)44-30)21-41-16-18-47-48-22-42-32(39)35(2)15-13-27(29-12-7-17-46-29)43-26-11-6-9-23-8-4-5-10-24(23)26/h4-12,17,25,27-28,30-31,37-38H,3,13-16,18-22H2,1-2H3/t25-,27+,28-,30+,31-/m1/s1. The summed E-state index contributed by atoms with van der Waals surface area (Å²) in [5.74, 6) is 1.54. The molecule has 0 bridgehead atoms. The highest BCUT2D eigenvalue weighted by Crippen LogP contribution is 2.33. The number of alkyl halides is 1. The van der Waals surface area contributed by atoms with Crippen LogP contribution in [0.15, 0.2) is 60.0 Å². The van der Waals surface area contributed by atoms with Crippen LogP contribution in [0, 0.1) is 0 Å². The van der Waals surface area contributed by atoms with Crippen LogP contribution >= 0.6 is 32.9 Å². The SMILES string of the molecule is CCCN(COCCSSCOC(=O)N(C)CC[C@H](Oc1cccc2ccccc12)c1cccs1)C(=O)O[C@H]1C[C@@H](O)[C@@H](O)[C@@H](CF)O1. The summed E-state index contributed by atoms with van der Waals surface area (Å²) in [6.45, 7) is 1.98. The van der Waals surface area contributed by atoms with Gasteiger partial charge in [-0.1, -0.05) is 71.0 Å². The number of aliphatic hydroxyl groups is 2. The van der Waals surface area contributed by atoms with Gasteiger partial charge in [-0.15, -0.1) is 11.3 Å². The van der Waals surface area contributed by atoms with Crippen molar-refractivity contribution < 1.29 is 47.9 Å². The second-order valence-electron chi connectivity index (χ2n) is 11.0. The van der Waals surface area contributed by atoms with Gasteiger partial charge in [-0.3, -0.25) is 4.90 Å². The molecule has 0 unspecified atom stereocenters. The Balaban J connectivity index is 1.11. The number of carbonyl (C=O) groups excluding carboxylic acids is 2. The van der Waals surface area contributed by atoms with Gasteiger partial charge in [-0.2, -0.15) is 0 Å². The molecule has 0 saturated carbocycles. The Morgan fingerprint density at radius 2 is 1.90 bits per heavy atom. The first-order valence-corrected chi connectivity index (χ1v) is 19.1. The molecule has 1 saturated heterocycles. The summed E-state index contributed by atoms with van der Waals surface area (Å²) < 4.78 is 41.2. The third-order valence-corrected chi connectivity index (χ3v) is 10.4. The number of halogens is 1. The topological polar surface area (TPSA) is 127 Å². The molecule has 2 amide bonds. The van der Waals surface area contributed by atoms with Gasteiger partial charge in [0.1, 0.15) is 43.4 Å². The van der Waals surface area contributed by atoms with E-state index in [1.165, 1.54) is 26.5 Å². The van der Waals surface area contributed by atoms with E-state index in [4.69, 9.17) is 23.7 Å². The first-order chi connectivity index (χ1) is 23.3. The van der Waals surface area contributed by atoms with E-state index >= 15 is 0 Å². The first-order valence-electron chi connectivity index (χ1n) is 15.7. The fourth-order valence-corrected chi connectivity index (χ4v) is 7.13. The fraction of sp³-hybridized carbons (Fsp3) is 0.515. The minimum atomic E-state index is -1.38. The predicted octanol–water partition coefficient (Wildman–Crippen LogP) is 6.45. The Bertz CT molecular complexity index is 1400. The zero-order chi connectivity index (χ0) is 34.3. The average Bonchev–Trinajstić information content (AvgIpc) is 3.63. The molecule has 2 N–H and O–H groups in total. The molecule has 1 aromatic heterocycles. The van der Waals surface area contributed by atoms with Crippen LogP contribution in [0.25, 0.3) is 10.8 Å². The molecule has 0 radical (unpaired) electrons. The maximum absolute atomic E-state index is 13.1. The van der Waals surface area contributed by atoms with Crippen LogP contribution in [0.4, 0.5) is 14.0 Å². The van der Waals surface area contributed by atoms with E-state index in [1.54, 1.807) is 23.3 Å². The molecule has 2 heterocycles. The van der Waals surface area contributed by atoms with Crippen LogP contribution in [0.1, 0.15) is 37.2 Å². The van der Waals surface area contributed by atoms with Crippen molar-refractivity contribution in [1.29, 1.82) is 0 Å². The van der Waals surface area contributed by atoms with Gasteiger partial charge < -0.3 is 38.8 Å². The van der Waals surface area contributed by atoms with E-state index in [1.807, 2.05) is 54.8 Å². The first kappa shape index (κ1) is 38.0. The largest absolute Gasteiger partial charge is 0.484 e. The molecule has 15 heteroatoms. The van der Waals surface area contributed by atoms with Crippen molar-refractivity contribution >= 4 is 55.9 Å². The Morgan fingerprint density at radius 3 is 2.67 bits per heavy atom. The predicted molar refractivity (Wildman–Crippen MR) is 186 cm³/mol. The van der Waals surface area contributed by atoms with E-state index in [-0.39, 0.29) is 25.2 Å². The normalized spacial score (nSPS) is 19.9. The number of rotatable bonds is 18. The number of thiophene rings is 1. The minimum Gasteiger partial charge on any atom is -0.484 e. The van der Waals surface area contributed by atoms with Crippen molar-refractivity contribution in [1.82, 2.24) is 9.80 Å². The Labute approximate surface area is 292 Å². The van der Waals surface area contributed by atoms with Crippen molar-refractivity contribution in [3.05, 3.63) is 64.9 Å². The van der Waals surface area contributed by atoms with E-state index in [0.29, 0.717) is 38.3 Å². The van der Waals surface area contributed by atoms with Crippen LogP contribution in [-0.4, -0.2) is 109 Å². The summed E-state index contributed by atoms with van der Waals surface area (Å²) in [7, 11) is 4.54. The number of ether oxygens (including phenoxy) is 5. The summed E-state index contributed by atoms with van der Waals surface area (Å²) in [6, 6.07) is 18.1. The van der Waals surface area contributed by atoms with Crippen LogP contribution < -0.4 is 4.74 Å². The van der Waals surface area contributed by atoms with E-state index in [0.717, 1.165) is 21.4 Å². The van der Waals surface area contributed by atoms with Gasteiger partial charge in [0, 0.05) is 49.0 Å². The fourth-order valence-electron chi connectivity index (χ4n) is 4.92. The van der Waals surface area contributed by atoms with Crippen molar-refractivity contribution in [3.63, 3.8) is 0 Å². The number of nitrogens with zero attached hydrogens (tertiary/aromatic N) is 2. The van der Waals surface area contributed by atoms with E-state index in [9.17, 15) is 24.2 Å². The van der Waals surface area contributed by atoms with Gasteiger partial charge in [0.2, 0.25) is 6.29 Å². The van der Waals surface area contributed by atoms with E-state index < -0.39 is 43.5 Å². The maximum atomic E-state index is 13.1. The molecule has 2 aromatic carbocycles. The lowest BCUT2D eigenvalue weighted by atomic mass is 10.0. The second kappa shape index (κ2) is 20.0. The van der Waals surface area contributed by atoms with Gasteiger partial charge in [-0.25, -0.2) is 14.0 Å². The number of aliphatic hydroxyl groups excluding tert-OH is 2. The monoisotopic (exact) mass is 726 g/mol. The summed E-state index contributed by atoms with van der Waals surface area (Å²) in [6.07, 6.45) is -5.35. The van der Waals surface area contributed by atoms with Crippen LogP contribution in [0.3, 0.4) is 0 Å². The van der Waals surface area contributed by atoms with Crippen LogP contribution in [-0.2, 0) is 18.9 Å². The summed E-state index contributed by atoms with van der Waals surface area (Å²) >= 11 is 1.62. The van der Waals surface area contributed by atoms with Crippen molar-refractivity contribution in [3.8, 4) is 5.75 Å². The molecule has 4 rings (SSSR count). The Kier molecular flexibility index (Phi) is 15.9. The smallest absolute Gasteiger partial charge is 0.413 e. The van der Waals surface area contributed by atoms with Gasteiger partial charge >= 0.3 is 12.2 Å². The summed E-state index contributed by atoms with van der Waals surface area (Å²) in [4.78, 5) is 29.2. The highest BCUT2D eigenvalue weighted by Gasteiger charge is 2.39. The number of fused-ring (bicyclic) bond motifs is 1. The summed E-state index contributed by atoms with van der Waals surface area (Å²) in [5, 5.41) is 23.8. The van der Waals surface area contributed by atoms with Gasteiger partial charge in [0.15, 0.2) is 0 Å². The number of benzene rings is 2. The van der Waals surface area contributed by atoms with E-state index in [2.05, 4.69) is 12.1 Å². The molecule has 48 heavy (non-hydrogen) atoms. The van der Waals surface area contributed by atoms with Gasteiger partial charge in [0.25, 0.3) is 0 Å². The minimum absolute atomic E-state index is 0.0290. The molecule has 0 spiro atoms. The zero-order valence-corrected chi connectivity index (χ0v) is 29.4. The molecular weight excluding hydrogens is 684 g/mol. The molecule has 1 aliphatic heterocycles. The Morgan fingerprint density at radius 1 is 1.08 bits per heavy atom. The number of hydrogen-bond acceptors (Lipinski definition) is 12. The third kappa shape index (κ3) is 11.4. The molecule has 11 nitrogen and oxygen atoms in total. The van der Waals surface area contributed by atoms with Gasteiger partial charge in [-0.05, 0) is 29.3 Å². The van der Waals surface area contributed by atoms with Crippen molar-refractivity contribution in [2.45, 2.75) is 56.9 Å². The van der Waals surface area contributed by atoms with Crippen LogP contribution in [0.5, 0.6) is 5.75 Å². The second-order valence-corrected chi connectivity index (χ2v) is 14.5. The Hall–Kier alpha value is -2.79. The molecule has 0 aliphatic carbocycles. The maximum Gasteiger partial charge on any atom is 0.413 e. The van der Waals surface area contributed by atoms with Gasteiger partial charge in [0.05, 0.1) is 12.7 Å².